The van der Waals surface area contributed by atoms with Crippen molar-refractivity contribution in [3.63, 3.8) is 0 Å². The molecule has 1 rings (SSSR count). The van der Waals surface area contributed by atoms with Crippen molar-refractivity contribution in [2.24, 2.45) is 0 Å². The monoisotopic (exact) mass is 245 g/mol. The predicted octanol–water partition coefficient (Wildman–Crippen LogP) is -0.521. The van der Waals surface area contributed by atoms with Crippen LogP contribution in [0.4, 0.5) is 0 Å². The van der Waals surface area contributed by atoms with E-state index in [0.29, 0.717) is 0 Å². The fraction of sp³-hybridized carbons (Fsp3) is 0. The molecule has 15 heavy (non-hydrogen) atoms. The van der Waals surface area contributed by atoms with Crippen LogP contribution in [0.3, 0.4) is 0 Å². The molecule has 7 nitrogen and oxygen atoms in total. The summed E-state index contributed by atoms with van der Waals surface area (Å²) in [7, 11) is -4.67. The Hall–Kier alpha value is -0.510. The summed E-state index contributed by atoms with van der Waals surface area (Å²) in [6, 6.07) is 3.08. The van der Waals surface area contributed by atoms with Crippen LogP contribution in [0, 0.1) is 0 Å². The van der Waals surface area contributed by atoms with Crippen LogP contribution < -0.4 is 0 Å². The molecule has 0 aliphatic rings. The fourth-order valence-electron chi connectivity index (χ4n) is 0.489. The number of nitrogens with zero attached hydrogens (tertiary/aromatic N) is 1. The Kier molecular flexibility index (Phi) is 8.72. The van der Waals surface area contributed by atoms with E-state index >= 15 is 0 Å². The molecule has 0 fully saturated rings. The first kappa shape index (κ1) is 16.9. The quantitative estimate of drug-likeness (QED) is 0.449. The summed E-state index contributed by atoms with van der Waals surface area (Å²) in [5.74, 6) is -0.942. The Balaban J connectivity index is 0. The first-order valence-electron chi connectivity index (χ1n) is 3.14. The molecule has 0 spiro atoms. The third-order valence-electron chi connectivity index (χ3n) is 0.908. The van der Waals surface area contributed by atoms with E-state index in [9.17, 15) is 4.79 Å². The minimum absolute atomic E-state index is 0. The maximum atomic E-state index is 10.2. The SMILES string of the molecule is O=C(O)c1cccnc1.O=S(=O)(O)O.[NaH]. The van der Waals surface area contributed by atoms with Gasteiger partial charge in [0, 0.05) is 12.4 Å². The van der Waals surface area contributed by atoms with Gasteiger partial charge in [-0.15, -0.1) is 0 Å². The van der Waals surface area contributed by atoms with Crippen LogP contribution >= 0.6 is 0 Å². The van der Waals surface area contributed by atoms with Crippen LogP contribution in [0.1, 0.15) is 10.4 Å². The van der Waals surface area contributed by atoms with Crippen LogP contribution in [0.5, 0.6) is 0 Å². The Morgan fingerprint density at radius 1 is 1.33 bits per heavy atom. The Bertz CT molecular complexity index is 383. The molecule has 0 saturated carbocycles. The molecule has 9 heteroatoms. The van der Waals surface area contributed by atoms with Crippen LogP contribution in [0.15, 0.2) is 24.5 Å². The predicted molar refractivity (Wildman–Crippen MR) is 52.5 cm³/mol. The van der Waals surface area contributed by atoms with Gasteiger partial charge in [0.25, 0.3) is 0 Å². The van der Waals surface area contributed by atoms with Gasteiger partial charge in [-0.1, -0.05) is 0 Å². The first-order valence-corrected chi connectivity index (χ1v) is 4.53. The van der Waals surface area contributed by atoms with Gasteiger partial charge >= 0.3 is 45.9 Å². The average molecular weight is 245 g/mol. The molecule has 3 N–H and O–H groups in total. The zero-order chi connectivity index (χ0) is 11.2. The van der Waals surface area contributed by atoms with E-state index in [1.807, 2.05) is 0 Å². The van der Waals surface area contributed by atoms with Gasteiger partial charge in [-0.3, -0.25) is 14.1 Å². The molecule has 0 aliphatic carbocycles. The maximum absolute atomic E-state index is 10.2. The van der Waals surface area contributed by atoms with Crippen molar-refractivity contribution in [1.29, 1.82) is 0 Å². The van der Waals surface area contributed by atoms with Gasteiger partial charge in [0.05, 0.1) is 5.56 Å². The molecule has 0 atom stereocenters. The van der Waals surface area contributed by atoms with Crippen LogP contribution in [-0.4, -0.2) is 63.1 Å². The van der Waals surface area contributed by atoms with E-state index in [2.05, 4.69) is 4.98 Å². The number of carbonyl (C=O) groups is 1. The molecule has 0 aromatic carbocycles. The van der Waals surface area contributed by atoms with E-state index in [1.165, 1.54) is 18.5 Å². The topological polar surface area (TPSA) is 125 Å². The van der Waals surface area contributed by atoms with Gasteiger partial charge in [-0.05, 0) is 12.1 Å². The molecule has 0 unspecified atom stereocenters. The number of hydrogen-bond acceptors (Lipinski definition) is 4. The van der Waals surface area contributed by atoms with Gasteiger partial charge in [-0.25, -0.2) is 4.79 Å². The van der Waals surface area contributed by atoms with E-state index < -0.39 is 16.4 Å². The Morgan fingerprint density at radius 3 is 2.00 bits per heavy atom. The second kappa shape index (κ2) is 7.74. The zero-order valence-electron chi connectivity index (χ0n) is 6.73. The minimum atomic E-state index is -4.67. The molecule has 0 radical (unpaired) electrons. The second-order valence-electron chi connectivity index (χ2n) is 1.99. The summed E-state index contributed by atoms with van der Waals surface area (Å²) in [5.41, 5.74) is 0.220. The van der Waals surface area contributed by atoms with Crippen LogP contribution in [-0.2, 0) is 10.4 Å². The van der Waals surface area contributed by atoms with Crippen LogP contribution in [0.2, 0.25) is 0 Å². The molecule has 0 bridgehead atoms. The van der Waals surface area contributed by atoms with Crippen molar-refractivity contribution in [2.75, 3.05) is 0 Å². The van der Waals surface area contributed by atoms with Crippen molar-refractivity contribution < 1.29 is 27.4 Å². The van der Waals surface area contributed by atoms with Gasteiger partial charge in [-0.2, -0.15) is 8.42 Å². The number of rotatable bonds is 1. The molecule has 1 aromatic heterocycles. The molecular formula is C6H8NNaO6S. The number of carboxylic acid groups (broad SMARTS) is 1. The molecule has 1 aromatic rings. The number of carboxylic acids is 1. The molecule has 0 aliphatic heterocycles. The number of aromatic carboxylic acids is 1. The summed E-state index contributed by atoms with van der Waals surface area (Å²) in [4.78, 5) is 13.8. The van der Waals surface area contributed by atoms with Gasteiger partial charge in [0.1, 0.15) is 0 Å². The summed E-state index contributed by atoms with van der Waals surface area (Å²) in [6.45, 7) is 0. The van der Waals surface area contributed by atoms with Gasteiger partial charge < -0.3 is 5.11 Å². The molecule has 0 saturated heterocycles. The van der Waals surface area contributed by atoms with E-state index in [1.54, 1.807) is 6.07 Å². The summed E-state index contributed by atoms with van der Waals surface area (Å²) < 4.78 is 31.6. The number of pyridine rings is 1. The van der Waals surface area contributed by atoms with E-state index in [0.717, 1.165) is 0 Å². The van der Waals surface area contributed by atoms with Crippen LogP contribution in [0.25, 0.3) is 0 Å². The van der Waals surface area contributed by atoms with Gasteiger partial charge in [0.2, 0.25) is 0 Å². The third-order valence-corrected chi connectivity index (χ3v) is 0.908. The van der Waals surface area contributed by atoms with Crippen molar-refractivity contribution in [1.82, 2.24) is 4.98 Å². The molecule has 1 heterocycles. The van der Waals surface area contributed by atoms with Crippen molar-refractivity contribution in [2.45, 2.75) is 0 Å². The summed E-state index contributed by atoms with van der Waals surface area (Å²) in [6.07, 6.45) is 2.84. The van der Waals surface area contributed by atoms with E-state index in [4.69, 9.17) is 22.6 Å². The van der Waals surface area contributed by atoms with E-state index in [-0.39, 0.29) is 35.1 Å². The molecule has 80 valence electrons. The van der Waals surface area contributed by atoms with Crippen molar-refractivity contribution in [3.05, 3.63) is 30.1 Å². The number of aromatic nitrogens is 1. The summed E-state index contributed by atoms with van der Waals surface area (Å²) >= 11 is 0. The average Bonchev–Trinajstić information content (AvgIpc) is 2.03. The molecule has 0 amide bonds. The standard InChI is InChI=1S/C6H5NO2.Na.H2O4S.H/c8-6(9)5-2-1-3-7-4-5;;1-5(2,3)4;/h1-4H,(H,8,9);;(H2,1,2,3,4);. The van der Waals surface area contributed by atoms with Crippen molar-refractivity contribution >= 4 is 45.9 Å². The summed E-state index contributed by atoms with van der Waals surface area (Å²) in [5, 5.41) is 8.34. The fourth-order valence-corrected chi connectivity index (χ4v) is 0.489. The Morgan fingerprint density at radius 2 is 1.80 bits per heavy atom. The van der Waals surface area contributed by atoms with Crippen molar-refractivity contribution in [3.8, 4) is 0 Å². The number of hydrogen-bond donors (Lipinski definition) is 3. The first-order chi connectivity index (χ1) is 6.30. The molecular weight excluding hydrogens is 237 g/mol. The Labute approximate surface area is 108 Å². The third kappa shape index (κ3) is 13.5. The second-order valence-corrected chi connectivity index (χ2v) is 2.89. The normalized spacial score (nSPS) is 9.20. The van der Waals surface area contributed by atoms with Gasteiger partial charge in [0.15, 0.2) is 0 Å². The zero-order valence-corrected chi connectivity index (χ0v) is 7.55.